The Hall–Kier alpha value is -1.55. The van der Waals surface area contributed by atoms with Gasteiger partial charge in [0.15, 0.2) is 5.11 Å². The van der Waals surface area contributed by atoms with Crippen LogP contribution in [0.3, 0.4) is 0 Å². The van der Waals surface area contributed by atoms with Crippen LogP contribution in [0.2, 0.25) is 0 Å². The molecule has 130 valence electrons. The first-order chi connectivity index (χ1) is 11.8. The highest BCUT2D eigenvalue weighted by atomic mass is 32.1. The molecule has 1 aliphatic rings. The zero-order valence-electron chi connectivity index (χ0n) is 14.7. The maximum Gasteiger partial charge on any atom is 0.166 e. The van der Waals surface area contributed by atoms with E-state index in [0.717, 1.165) is 31.0 Å². The van der Waals surface area contributed by atoms with Crippen LogP contribution in [-0.4, -0.2) is 22.3 Å². The Morgan fingerprint density at radius 2 is 2.00 bits per heavy atom. The van der Waals surface area contributed by atoms with Gasteiger partial charge < -0.3 is 15.2 Å². The Balaban J connectivity index is 1.45. The molecule has 2 N–H and O–H groups in total. The highest BCUT2D eigenvalue weighted by molar-refractivity contribution is 7.80. The lowest BCUT2D eigenvalue weighted by Crippen LogP contribution is -2.43. The number of thiocarbonyl (C=S) groups is 1. The van der Waals surface area contributed by atoms with E-state index in [0.29, 0.717) is 6.04 Å². The number of hydrogen-bond acceptors (Lipinski definition) is 1. The van der Waals surface area contributed by atoms with E-state index < -0.39 is 0 Å². The first-order valence-electron chi connectivity index (χ1n) is 9.39. The summed E-state index contributed by atoms with van der Waals surface area (Å²) in [6, 6.07) is 9.28. The molecule has 0 atom stereocenters. The molecule has 0 bridgehead atoms. The van der Waals surface area contributed by atoms with Crippen LogP contribution in [0.15, 0.2) is 30.5 Å². The van der Waals surface area contributed by atoms with E-state index >= 15 is 0 Å². The second-order valence-electron chi connectivity index (χ2n) is 6.80. The van der Waals surface area contributed by atoms with Crippen molar-refractivity contribution in [3.05, 3.63) is 36.0 Å². The molecule has 1 aliphatic carbocycles. The molecule has 0 spiro atoms. The first-order valence-corrected chi connectivity index (χ1v) is 9.80. The molecule has 3 rings (SSSR count). The summed E-state index contributed by atoms with van der Waals surface area (Å²) in [5, 5.41) is 9.08. The van der Waals surface area contributed by atoms with Crippen LogP contribution in [-0.2, 0) is 13.0 Å². The quantitative estimate of drug-likeness (QED) is 0.602. The van der Waals surface area contributed by atoms with Gasteiger partial charge in [0.1, 0.15) is 0 Å². The van der Waals surface area contributed by atoms with E-state index in [1.165, 1.54) is 48.6 Å². The Kier molecular flexibility index (Phi) is 6.13. The third kappa shape index (κ3) is 4.29. The van der Waals surface area contributed by atoms with Crippen LogP contribution in [0.1, 0.15) is 51.0 Å². The van der Waals surface area contributed by atoms with E-state index in [1.807, 2.05) is 0 Å². The van der Waals surface area contributed by atoms with Crippen LogP contribution in [0.25, 0.3) is 10.9 Å². The van der Waals surface area contributed by atoms with Crippen molar-refractivity contribution in [1.82, 2.24) is 15.2 Å². The Bertz CT molecular complexity index is 671. The van der Waals surface area contributed by atoms with E-state index in [4.69, 9.17) is 12.2 Å². The van der Waals surface area contributed by atoms with E-state index in [2.05, 4.69) is 52.6 Å². The minimum atomic E-state index is 0.585. The second-order valence-corrected chi connectivity index (χ2v) is 7.20. The van der Waals surface area contributed by atoms with Gasteiger partial charge in [0.25, 0.3) is 0 Å². The lowest BCUT2D eigenvalue weighted by Gasteiger charge is -2.24. The van der Waals surface area contributed by atoms with Gasteiger partial charge in [-0.3, -0.25) is 0 Å². The molecule has 0 saturated heterocycles. The number of rotatable bonds is 6. The van der Waals surface area contributed by atoms with Crippen LogP contribution >= 0.6 is 12.2 Å². The molecule has 1 fully saturated rings. The molecule has 2 aromatic rings. The summed E-state index contributed by atoms with van der Waals surface area (Å²) in [7, 11) is 0. The summed E-state index contributed by atoms with van der Waals surface area (Å²) in [6.07, 6.45) is 11.1. The highest BCUT2D eigenvalue weighted by Crippen LogP contribution is 2.22. The van der Waals surface area contributed by atoms with Gasteiger partial charge >= 0.3 is 0 Å². The molecule has 0 aliphatic heterocycles. The molecule has 3 nitrogen and oxygen atoms in total. The fourth-order valence-corrected chi connectivity index (χ4v) is 4.02. The molecule has 1 aromatic carbocycles. The predicted octanol–water partition coefficient (Wildman–Crippen LogP) is 4.39. The Morgan fingerprint density at radius 1 is 1.21 bits per heavy atom. The van der Waals surface area contributed by atoms with Gasteiger partial charge in [-0.1, -0.05) is 37.5 Å². The number of para-hydroxylation sites is 1. The Labute approximate surface area is 150 Å². The van der Waals surface area contributed by atoms with Crippen molar-refractivity contribution < 1.29 is 0 Å². The van der Waals surface area contributed by atoms with Crippen LogP contribution in [0, 0.1) is 0 Å². The maximum absolute atomic E-state index is 5.44. The molecule has 1 saturated carbocycles. The van der Waals surface area contributed by atoms with Gasteiger partial charge in [-0.15, -0.1) is 0 Å². The number of fused-ring (bicyclic) bond motifs is 1. The van der Waals surface area contributed by atoms with Crippen LogP contribution in [0.5, 0.6) is 0 Å². The van der Waals surface area contributed by atoms with Crippen molar-refractivity contribution in [3.63, 3.8) is 0 Å². The number of nitrogens with one attached hydrogen (secondary N) is 2. The lowest BCUT2D eigenvalue weighted by atomic mass is 9.96. The van der Waals surface area contributed by atoms with Crippen molar-refractivity contribution in [2.24, 2.45) is 0 Å². The van der Waals surface area contributed by atoms with Crippen LogP contribution < -0.4 is 10.6 Å². The summed E-state index contributed by atoms with van der Waals surface area (Å²) < 4.78 is 2.34. The number of aryl methyl sites for hydroxylation is 2. The molecular weight excluding hydrogens is 314 g/mol. The summed E-state index contributed by atoms with van der Waals surface area (Å²) in [5.74, 6) is 0. The maximum atomic E-state index is 5.44. The van der Waals surface area contributed by atoms with Crippen LogP contribution in [0.4, 0.5) is 0 Å². The average Bonchev–Trinajstić information content (AvgIpc) is 2.98. The number of benzene rings is 1. The van der Waals surface area contributed by atoms with Crippen molar-refractivity contribution in [2.45, 2.75) is 64.5 Å². The number of nitrogens with zero attached hydrogens (tertiary/aromatic N) is 1. The zero-order chi connectivity index (χ0) is 16.8. The van der Waals surface area contributed by atoms with Gasteiger partial charge in [-0.2, -0.15) is 0 Å². The molecule has 1 aromatic heterocycles. The normalized spacial score (nSPS) is 15.5. The molecule has 1 heterocycles. The number of hydrogen-bond donors (Lipinski definition) is 2. The van der Waals surface area contributed by atoms with Gasteiger partial charge in [0.05, 0.1) is 0 Å². The van der Waals surface area contributed by atoms with Gasteiger partial charge in [-0.25, -0.2) is 0 Å². The first kappa shape index (κ1) is 17.3. The number of aromatic nitrogens is 1. The third-order valence-electron chi connectivity index (χ3n) is 5.06. The largest absolute Gasteiger partial charge is 0.363 e. The summed E-state index contributed by atoms with van der Waals surface area (Å²) >= 11 is 5.44. The second kappa shape index (κ2) is 8.52. The topological polar surface area (TPSA) is 29.0 Å². The zero-order valence-corrected chi connectivity index (χ0v) is 15.5. The molecule has 24 heavy (non-hydrogen) atoms. The molecular formula is C20H29N3S. The Morgan fingerprint density at radius 3 is 2.79 bits per heavy atom. The summed E-state index contributed by atoms with van der Waals surface area (Å²) in [6.45, 7) is 4.16. The highest BCUT2D eigenvalue weighted by Gasteiger charge is 2.13. The van der Waals surface area contributed by atoms with Crippen molar-refractivity contribution in [2.75, 3.05) is 6.54 Å². The molecule has 0 radical (unpaired) electrons. The predicted molar refractivity (Wildman–Crippen MR) is 107 cm³/mol. The molecule has 0 unspecified atom stereocenters. The minimum absolute atomic E-state index is 0.585. The van der Waals surface area contributed by atoms with E-state index in [9.17, 15) is 0 Å². The summed E-state index contributed by atoms with van der Waals surface area (Å²) in [5.41, 5.74) is 2.79. The van der Waals surface area contributed by atoms with Crippen molar-refractivity contribution >= 4 is 28.2 Å². The van der Waals surface area contributed by atoms with Gasteiger partial charge in [0, 0.05) is 36.2 Å². The smallest absolute Gasteiger partial charge is 0.166 e. The van der Waals surface area contributed by atoms with Gasteiger partial charge in [0.2, 0.25) is 0 Å². The SMILES string of the molecule is CCn1cc(CCCNC(=S)NC2CCCCC2)c2ccccc21. The third-order valence-corrected chi connectivity index (χ3v) is 5.32. The fraction of sp³-hybridized carbons (Fsp3) is 0.550. The van der Waals surface area contributed by atoms with Crippen molar-refractivity contribution in [1.29, 1.82) is 0 Å². The van der Waals surface area contributed by atoms with Crippen molar-refractivity contribution in [3.8, 4) is 0 Å². The minimum Gasteiger partial charge on any atom is -0.363 e. The monoisotopic (exact) mass is 343 g/mol. The van der Waals surface area contributed by atoms with Gasteiger partial charge in [-0.05, 0) is 56.5 Å². The standard InChI is InChI=1S/C20H29N3S/c1-2-23-15-16(18-12-6-7-13-19(18)23)9-8-14-21-20(24)22-17-10-4-3-5-11-17/h6-7,12-13,15,17H,2-5,8-11,14H2,1H3,(H2,21,22,24). The summed E-state index contributed by atoms with van der Waals surface area (Å²) in [4.78, 5) is 0. The van der Waals surface area contributed by atoms with E-state index in [-0.39, 0.29) is 0 Å². The average molecular weight is 344 g/mol. The lowest BCUT2D eigenvalue weighted by molar-refractivity contribution is 0.412. The fourth-order valence-electron chi connectivity index (χ4n) is 3.75. The molecule has 4 heteroatoms. The molecule has 0 amide bonds. The van der Waals surface area contributed by atoms with E-state index in [1.54, 1.807) is 0 Å².